The molecule has 0 saturated carbocycles. The maximum atomic E-state index is 11.5. The lowest BCUT2D eigenvalue weighted by Gasteiger charge is -2.18. The van der Waals surface area contributed by atoms with E-state index in [1.54, 1.807) is 36.4 Å². The molecule has 1 aliphatic rings. The molecular weight excluding hydrogens is 498 g/mol. The molecule has 2 aromatic rings. The average Bonchev–Trinajstić information content (AvgIpc) is 3.17. The Kier molecular flexibility index (Phi) is 7.50. The van der Waals surface area contributed by atoms with E-state index in [0.717, 1.165) is 24.0 Å². The van der Waals surface area contributed by atoms with Gasteiger partial charge in [-0.3, -0.25) is 19.2 Å². The summed E-state index contributed by atoms with van der Waals surface area (Å²) in [7, 11) is 0. The van der Waals surface area contributed by atoms with Crippen LogP contribution in [0.5, 0.6) is 0 Å². The molecule has 2 aromatic carbocycles. The maximum Gasteiger partial charge on any atom is 0.322 e. The number of halogens is 1. The van der Waals surface area contributed by atoms with Crippen LogP contribution in [0.15, 0.2) is 46.9 Å². The minimum atomic E-state index is -1.68. The normalized spacial score (nSPS) is 17.9. The first kappa shape index (κ1) is 24.4. The number of carboxylic acids is 4. The van der Waals surface area contributed by atoms with Crippen LogP contribution in [0.3, 0.4) is 0 Å². The average molecular weight is 520 g/mol. The lowest BCUT2D eigenvalue weighted by Crippen LogP contribution is -2.27. The molecule has 0 aromatic heterocycles. The predicted molar refractivity (Wildman–Crippen MR) is 119 cm³/mol. The molecule has 9 nitrogen and oxygen atoms in total. The highest BCUT2D eigenvalue weighted by Gasteiger charge is 2.32. The topological polar surface area (TPSA) is 161 Å². The van der Waals surface area contributed by atoms with Gasteiger partial charge in [0.1, 0.15) is 0 Å². The maximum absolute atomic E-state index is 11.5. The third-order valence-corrected chi connectivity index (χ3v) is 6.45. The van der Waals surface area contributed by atoms with Crippen LogP contribution >= 0.6 is 15.9 Å². The van der Waals surface area contributed by atoms with Crippen LogP contribution in [-0.2, 0) is 25.6 Å². The van der Waals surface area contributed by atoms with Crippen molar-refractivity contribution in [3.05, 3.63) is 69.2 Å². The molecule has 0 bridgehead atoms. The molecule has 0 radical (unpaired) electrons. The van der Waals surface area contributed by atoms with Gasteiger partial charge in [-0.25, -0.2) is 0 Å². The zero-order valence-corrected chi connectivity index (χ0v) is 18.9. The van der Waals surface area contributed by atoms with E-state index in [1.165, 1.54) is 6.07 Å². The molecule has 0 aliphatic carbocycles. The number of rotatable bonds is 9. The SMILES string of the molecule is O=C(O)C(C(=O)O)c1cccc(CC2CCC(c3ccc(Br)c(C(C(=O)O)C(=O)O)c3)N2)c1. The highest BCUT2D eigenvalue weighted by Crippen LogP contribution is 2.33. The van der Waals surface area contributed by atoms with E-state index >= 15 is 0 Å². The molecule has 0 amide bonds. The Labute approximate surface area is 197 Å². The Hall–Kier alpha value is -3.24. The molecule has 1 saturated heterocycles. The van der Waals surface area contributed by atoms with Gasteiger partial charge in [0.05, 0.1) is 0 Å². The first-order valence-corrected chi connectivity index (χ1v) is 10.9. The summed E-state index contributed by atoms with van der Waals surface area (Å²) in [4.78, 5) is 45.5. The van der Waals surface area contributed by atoms with Gasteiger partial charge in [-0.1, -0.05) is 52.3 Å². The molecule has 0 spiro atoms. The standard InChI is InChI=1S/C23H22BrNO8/c24-16-6-4-12(10-15(16)19(22(30)31)23(32)33)17-7-5-14(25-17)9-11-2-1-3-13(8-11)18(20(26)27)21(28)29/h1-4,6,8,10,14,17-19,25H,5,7,9H2,(H,26,27)(H,28,29)(H,30,31)(H,32,33). The van der Waals surface area contributed by atoms with Crippen LogP contribution in [0.1, 0.15) is 53.0 Å². The number of benzene rings is 2. The molecule has 5 N–H and O–H groups in total. The molecule has 174 valence electrons. The van der Waals surface area contributed by atoms with E-state index in [1.807, 2.05) is 0 Å². The fraction of sp³-hybridized carbons (Fsp3) is 0.304. The van der Waals surface area contributed by atoms with Crippen LogP contribution in [0.4, 0.5) is 0 Å². The summed E-state index contributed by atoms with van der Waals surface area (Å²) in [6.45, 7) is 0. The zero-order valence-electron chi connectivity index (χ0n) is 17.3. The first-order chi connectivity index (χ1) is 15.6. The number of hydrogen-bond donors (Lipinski definition) is 5. The highest BCUT2D eigenvalue weighted by atomic mass is 79.9. The Balaban J connectivity index is 1.76. The first-order valence-electron chi connectivity index (χ1n) is 10.1. The summed E-state index contributed by atoms with van der Waals surface area (Å²) < 4.78 is 0.402. The fourth-order valence-electron chi connectivity index (χ4n) is 4.19. The minimum Gasteiger partial charge on any atom is -0.480 e. The molecule has 10 heteroatoms. The summed E-state index contributed by atoms with van der Waals surface area (Å²) in [5.74, 6) is -9.06. The molecule has 2 atom stereocenters. The van der Waals surface area contributed by atoms with E-state index < -0.39 is 35.7 Å². The van der Waals surface area contributed by atoms with E-state index in [9.17, 15) is 39.6 Å². The second-order valence-electron chi connectivity index (χ2n) is 7.94. The smallest absolute Gasteiger partial charge is 0.322 e. The largest absolute Gasteiger partial charge is 0.480 e. The molecule has 1 fully saturated rings. The Morgan fingerprint density at radius 2 is 1.52 bits per heavy atom. The van der Waals surface area contributed by atoms with Crippen molar-refractivity contribution in [3.8, 4) is 0 Å². The fourth-order valence-corrected chi connectivity index (χ4v) is 4.67. The number of aliphatic carboxylic acids is 4. The van der Waals surface area contributed by atoms with Gasteiger partial charge in [0, 0.05) is 16.6 Å². The zero-order chi connectivity index (χ0) is 24.3. The quantitative estimate of drug-likeness (QED) is 0.313. The monoisotopic (exact) mass is 519 g/mol. The van der Waals surface area contributed by atoms with E-state index in [0.29, 0.717) is 10.9 Å². The van der Waals surface area contributed by atoms with E-state index in [-0.39, 0.29) is 23.2 Å². The summed E-state index contributed by atoms with van der Waals surface area (Å²) in [6, 6.07) is 11.5. The van der Waals surface area contributed by atoms with Gasteiger partial charge in [-0.15, -0.1) is 0 Å². The number of carbonyl (C=O) groups is 4. The summed E-state index contributed by atoms with van der Waals surface area (Å²) >= 11 is 3.24. The van der Waals surface area contributed by atoms with Gasteiger partial charge in [0.15, 0.2) is 11.8 Å². The number of nitrogens with one attached hydrogen (secondary N) is 1. The van der Waals surface area contributed by atoms with Crippen LogP contribution in [0, 0.1) is 0 Å². The Bertz CT molecular complexity index is 1070. The Morgan fingerprint density at radius 1 is 0.879 bits per heavy atom. The van der Waals surface area contributed by atoms with Crippen molar-refractivity contribution in [1.82, 2.24) is 5.32 Å². The molecule has 33 heavy (non-hydrogen) atoms. The van der Waals surface area contributed by atoms with Gasteiger partial charge in [0.2, 0.25) is 0 Å². The van der Waals surface area contributed by atoms with E-state index in [4.69, 9.17) is 0 Å². The van der Waals surface area contributed by atoms with Crippen LogP contribution in [0.25, 0.3) is 0 Å². The summed E-state index contributed by atoms with van der Waals surface area (Å²) in [6.07, 6.45) is 2.07. The summed E-state index contributed by atoms with van der Waals surface area (Å²) in [5, 5.41) is 40.5. The van der Waals surface area contributed by atoms with Crippen molar-refractivity contribution in [3.63, 3.8) is 0 Å². The van der Waals surface area contributed by atoms with Crippen molar-refractivity contribution in [2.75, 3.05) is 0 Å². The van der Waals surface area contributed by atoms with E-state index in [2.05, 4.69) is 21.2 Å². The lowest BCUT2D eigenvalue weighted by atomic mass is 9.94. The van der Waals surface area contributed by atoms with Crippen LogP contribution in [0.2, 0.25) is 0 Å². The molecule has 1 aliphatic heterocycles. The molecular formula is C23H22BrNO8. The van der Waals surface area contributed by atoms with Crippen molar-refractivity contribution < 1.29 is 39.6 Å². The van der Waals surface area contributed by atoms with Crippen molar-refractivity contribution in [2.24, 2.45) is 0 Å². The van der Waals surface area contributed by atoms with Gasteiger partial charge < -0.3 is 25.7 Å². The molecule has 3 rings (SSSR count). The van der Waals surface area contributed by atoms with Crippen molar-refractivity contribution in [1.29, 1.82) is 0 Å². The lowest BCUT2D eigenvalue weighted by molar-refractivity contribution is -0.152. The van der Waals surface area contributed by atoms with Crippen molar-refractivity contribution in [2.45, 2.75) is 43.2 Å². The van der Waals surface area contributed by atoms with Crippen molar-refractivity contribution >= 4 is 39.8 Å². The van der Waals surface area contributed by atoms with Gasteiger partial charge in [0.25, 0.3) is 0 Å². The van der Waals surface area contributed by atoms with Crippen LogP contribution in [-0.4, -0.2) is 50.3 Å². The second kappa shape index (κ2) is 10.1. The second-order valence-corrected chi connectivity index (χ2v) is 8.80. The summed E-state index contributed by atoms with van der Waals surface area (Å²) in [5.41, 5.74) is 1.94. The minimum absolute atomic E-state index is 0.0280. The number of carboxylic acid groups (broad SMARTS) is 4. The predicted octanol–water partition coefficient (Wildman–Crippen LogP) is 2.99. The van der Waals surface area contributed by atoms with Crippen LogP contribution < -0.4 is 5.32 Å². The third kappa shape index (κ3) is 5.58. The molecule has 2 unspecified atom stereocenters. The third-order valence-electron chi connectivity index (χ3n) is 5.73. The van der Waals surface area contributed by atoms with Gasteiger partial charge in [-0.2, -0.15) is 0 Å². The Morgan fingerprint density at radius 3 is 2.12 bits per heavy atom. The van der Waals surface area contributed by atoms with Gasteiger partial charge in [-0.05, 0) is 47.6 Å². The highest BCUT2D eigenvalue weighted by molar-refractivity contribution is 9.10. The number of hydrogen-bond acceptors (Lipinski definition) is 5. The molecule has 1 heterocycles. The van der Waals surface area contributed by atoms with Gasteiger partial charge >= 0.3 is 23.9 Å².